The molecule has 45 heavy (non-hydrogen) atoms. The van der Waals surface area contributed by atoms with Crippen LogP contribution in [-0.4, -0.2) is 81.5 Å². The predicted octanol–water partition coefficient (Wildman–Crippen LogP) is 5.50. The molecule has 0 aliphatic carbocycles. The molecule has 0 spiro atoms. The Morgan fingerprint density at radius 3 is 2.87 bits per heavy atom. The molecule has 1 amide bonds. The lowest BCUT2D eigenvalue weighted by Crippen LogP contribution is -2.52. The van der Waals surface area contributed by atoms with Gasteiger partial charge < -0.3 is 20.7 Å². The summed E-state index contributed by atoms with van der Waals surface area (Å²) in [6, 6.07) is 11.6. The second-order valence-electron chi connectivity index (χ2n) is 11.7. The Labute approximate surface area is 264 Å². The second kappa shape index (κ2) is 14.3. The smallest absolute Gasteiger partial charge is 0.338 e. The number of aliphatic imine (C=N–C) groups is 1. The minimum Gasteiger partial charge on any atom is -0.457 e. The van der Waals surface area contributed by atoms with Gasteiger partial charge in [0.25, 0.3) is 0 Å². The summed E-state index contributed by atoms with van der Waals surface area (Å²) in [5, 5.41) is 8.01. The Morgan fingerprint density at radius 1 is 1.22 bits per heavy atom. The zero-order valence-corrected chi connectivity index (χ0v) is 26.3. The quantitative estimate of drug-likeness (QED) is 0.0752. The first-order chi connectivity index (χ1) is 21.8. The second-order valence-corrected chi connectivity index (χ2v) is 11.7. The molecule has 0 bridgehead atoms. The van der Waals surface area contributed by atoms with Crippen molar-refractivity contribution in [2.24, 2.45) is 10.7 Å². The number of aromatic nitrogens is 4. The molecule has 5 rings (SSSR count). The van der Waals surface area contributed by atoms with Crippen LogP contribution in [0.1, 0.15) is 36.3 Å². The molecule has 1 aromatic carbocycles. The van der Waals surface area contributed by atoms with Crippen molar-refractivity contribution in [2.75, 3.05) is 45.6 Å². The summed E-state index contributed by atoms with van der Waals surface area (Å²) in [6.07, 6.45) is 14.8. The molecule has 11 heteroatoms. The van der Waals surface area contributed by atoms with E-state index in [-0.39, 0.29) is 11.8 Å². The lowest BCUT2D eigenvalue weighted by molar-refractivity contribution is -0.845. The number of fused-ring (bicyclic) bond motifs is 1. The molecule has 234 valence electrons. The number of nitrogens with zero attached hydrogens (tertiary/aromatic N) is 7. The summed E-state index contributed by atoms with van der Waals surface area (Å²) in [5.41, 5.74) is 9.37. The van der Waals surface area contributed by atoms with E-state index in [0.717, 1.165) is 67.2 Å². The number of nitrogens with two attached hydrogens (primary N) is 1. The Hall–Kier alpha value is -4.87. The van der Waals surface area contributed by atoms with Crippen molar-refractivity contribution in [3.8, 4) is 11.5 Å². The van der Waals surface area contributed by atoms with E-state index in [0.29, 0.717) is 22.6 Å². The van der Waals surface area contributed by atoms with Gasteiger partial charge in [0.15, 0.2) is 11.6 Å². The van der Waals surface area contributed by atoms with Crippen LogP contribution in [0.15, 0.2) is 84.9 Å². The number of carbonyl (C=O) groups excluding carboxylic acids is 1. The lowest BCUT2D eigenvalue weighted by atomic mass is 9.93. The van der Waals surface area contributed by atoms with Crippen LogP contribution < -0.4 is 15.8 Å². The summed E-state index contributed by atoms with van der Waals surface area (Å²) < 4.78 is 8.39. The maximum atomic E-state index is 13.5. The number of hydrogen-bond acceptors (Lipinski definition) is 8. The van der Waals surface area contributed by atoms with Gasteiger partial charge in [-0.3, -0.25) is 4.48 Å². The van der Waals surface area contributed by atoms with Gasteiger partial charge in [0.2, 0.25) is 0 Å². The van der Waals surface area contributed by atoms with Crippen molar-refractivity contribution in [1.82, 2.24) is 24.5 Å². The molecule has 0 radical (unpaired) electrons. The molecule has 1 unspecified atom stereocenters. The van der Waals surface area contributed by atoms with Crippen LogP contribution in [0.2, 0.25) is 0 Å². The van der Waals surface area contributed by atoms with Crippen molar-refractivity contribution in [1.29, 1.82) is 0 Å². The van der Waals surface area contributed by atoms with Gasteiger partial charge in [-0.05, 0) is 87.3 Å². The van der Waals surface area contributed by atoms with Crippen LogP contribution in [0.3, 0.4) is 0 Å². The zero-order valence-electron chi connectivity index (χ0n) is 26.3. The summed E-state index contributed by atoms with van der Waals surface area (Å²) >= 11 is 0. The van der Waals surface area contributed by atoms with Crippen LogP contribution >= 0.6 is 0 Å². The fourth-order valence-electron chi connectivity index (χ4n) is 5.99. The molecule has 4 heterocycles. The highest BCUT2D eigenvalue weighted by atomic mass is 16.5. The number of quaternary nitrogens is 1. The van der Waals surface area contributed by atoms with E-state index >= 15 is 0 Å². The Balaban J connectivity index is 1.35. The van der Waals surface area contributed by atoms with Crippen molar-refractivity contribution >= 4 is 35.1 Å². The highest BCUT2D eigenvalue weighted by molar-refractivity contribution is 5.82. The van der Waals surface area contributed by atoms with Crippen LogP contribution in [0, 0.1) is 6.92 Å². The Kier molecular flexibility index (Phi) is 10.0. The number of benzene rings is 1. The van der Waals surface area contributed by atoms with Crippen LogP contribution in [0.5, 0.6) is 11.5 Å². The summed E-state index contributed by atoms with van der Waals surface area (Å²) in [7, 11) is 4.00. The van der Waals surface area contributed by atoms with E-state index < -0.39 is 0 Å². The number of aryl methyl sites for hydroxylation is 1. The predicted molar refractivity (Wildman–Crippen MR) is 178 cm³/mol. The molecular formula is C34H42N9O2+. The molecule has 1 aliphatic rings. The van der Waals surface area contributed by atoms with E-state index in [4.69, 9.17) is 10.5 Å². The average molecular weight is 609 g/mol. The zero-order chi connectivity index (χ0) is 31.8. The van der Waals surface area contributed by atoms with Crippen LogP contribution in [-0.2, 0) is 4.79 Å². The van der Waals surface area contributed by atoms with Gasteiger partial charge in [0, 0.05) is 43.2 Å². The lowest BCUT2D eigenvalue weighted by Gasteiger charge is -2.33. The van der Waals surface area contributed by atoms with Gasteiger partial charge in [-0.15, -0.1) is 0 Å². The average Bonchev–Trinajstić information content (AvgIpc) is 3.34. The normalized spacial score (nSPS) is 18.9. The minimum atomic E-state index is 0.154. The Bertz CT molecular complexity index is 1710. The van der Waals surface area contributed by atoms with Crippen molar-refractivity contribution in [2.45, 2.75) is 32.1 Å². The first kappa shape index (κ1) is 31.6. The maximum absolute atomic E-state index is 13.5. The number of anilines is 2. The van der Waals surface area contributed by atoms with Crippen LogP contribution in [0.4, 0.5) is 17.3 Å². The van der Waals surface area contributed by atoms with Gasteiger partial charge in [-0.1, -0.05) is 12.7 Å². The first-order valence-electron chi connectivity index (χ1n) is 15.2. The first-order valence-corrected chi connectivity index (χ1v) is 15.2. The standard InChI is InChI=1S/C34H42N9O2/c1-5-18-43(32(44)9-6-16-41(3)4)19-7-8-26(14-20-43)29-13-17-42-33(29)34(38-24-39-42)40-27-10-11-30(25(2)21-27)45-28-12-15-36-31(22-28)37-23-35/h5-6,9-13,15,17,21-24,26H,1,7-8,14,16,18-20H2,2-4H3,(H2,35,36,37)(H,38,39,40)/q+1/b9-6+/t26-,43?/m0/s1. The maximum Gasteiger partial charge on any atom is 0.338 e. The molecule has 3 aromatic heterocycles. The van der Waals surface area contributed by atoms with Gasteiger partial charge in [0.05, 0.1) is 19.4 Å². The van der Waals surface area contributed by atoms with Crippen molar-refractivity contribution < 1.29 is 14.0 Å². The third kappa shape index (κ3) is 7.44. The van der Waals surface area contributed by atoms with Crippen LogP contribution in [0.25, 0.3) is 5.52 Å². The largest absolute Gasteiger partial charge is 0.457 e. The van der Waals surface area contributed by atoms with Crippen molar-refractivity contribution in [3.05, 3.63) is 91.1 Å². The molecule has 4 aromatic rings. The van der Waals surface area contributed by atoms with E-state index in [1.165, 1.54) is 11.9 Å². The monoisotopic (exact) mass is 608 g/mol. The topological polar surface area (TPSA) is 123 Å². The molecule has 2 atom stereocenters. The number of rotatable bonds is 11. The van der Waals surface area contributed by atoms with Gasteiger partial charge in [0.1, 0.15) is 29.9 Å². The molecule has 0 saturated carbocycles. The number of amides is 1. The number of nitrogens with one attached hydrogen (secondary N) is 1. The number of ether oxygens (including phenoxy) is 1. The van der Waals surface area contributed by atoms with Gasteiger partial charge in [-0.2, -0.15) is 5.10 Å². The Morgan fingerprint density at radius 2 is 2.09 bits per heavy atom. The molecule has 1 saturated heterocycles. The highest BCUT2D eigenvalue weighted by Crippen LogP contribution is 2.37. The van der Waals surface area contributed by atoms with Gasteiger partial charge in [-0.25, -0.2) is 24.3 Å². The summed E-state index contributed by atoms with van der Waals surface area (Å²) in [4.78, 5) is 28.3. The minimum absolute atomic E-state index is 0.154. The molecular weight excluding hydrogens is 566 g/mol. The van der Waals surface area contributed by atoms with E-state index in [1.54, 1.807) is 30.7 Å². The third-order valence-corrected chi connectivity index (χ3v) is 8.24. The number of hydrogen-bond donors (Lipinski definition) is 2. The molecule has 1 aliphatic heterocycles. The molecule has 11 nitrogen and oxygen atoms in total. The van der Waals surface area contributed by atoms with Gasteiger partial charge >= 0.3 is 5.91 Å². The SMILES string of the molecule is C=CC[N+]1(C(=O)/C=C/CN(C)C)CCC[C@H](c2ccn3ncnc(Nc4ccc(Oc5ccnc(N=CN)c5)c(C)c4)c23)CC1. The highest BCUT2D eigenvalue weighted by Gasteiger charge is 2.37. The fraction of sp³-hybridized carbons (Fsp3) is 0.324. The third-order valence-electron chi connectivity index (χ3n) is 8.24. The number of carbonyl (C=O) groups is 1. The fourth-order valence-corrected chi connectivity index (χ4v) is 5.99. The number of likely N-dealkylation sites (tertiary alicyclic amines) is 1. The van der Waals surface area contributed by atoms with Crippen molar-refractivity contribution in [3.63, 3.8) is 0 Å². The van der Waals surface area contributed by atoms with E-state index in [1.807, 2.05) is 67.0 Å². The van der Waals surface area contributed by atoms with E-state index in [9.17, 15) is 4.79 Å². The summed E-state index contributed by atoms with van der Waals surface area (Å²) in [6.45, 7) is 8.90. The molecule has 1 fully saturated rings. The number of pyridine rings is 1. The molecule has 3 N–H and O–H groups in total. The van der Waals surface area contributed by atoms with E-state index in [2.05, 4.69) is 38.0 Å². The number of likely N-dealkylation sites (N-methyl/N-ethyl adjacent to an activating group) is 1. The summed E-state index contributed by atoms with van der Waals surface area (Å²) in [5.74, 6) is 2.98.